The molecule has 0 unspecified atom stereocenters. The van der Waals surface area contributed by atoms with Gasteiger partial charge in [-0.3, -0.25) is 0 Å². The molecular weight excluding hydrogens is 234 g/mol. The first-order chi connectivity index (χ1) is 7.86. The molecule has 0 atom stereocenters. The molecule has 3 rings (SSSR count). The normalized spacial score (nSPS) is 11.1. The van der Waals surface area contributed by atoms with Crippen LogP contribution in [0.3, 0.4) is 0 Å². The first kappa shape index (κ1) is 10.00. The highest BCUT2D eigenvalue weighted by Gasteiger charge is 2.08. The van der Waals surface area contributed by atoms with Crippen LogP contribution in [-0.2, 0) is 6.54 Å². The van der Waals surface area contributed by atoms with Crippen molar-refractivity contribution in [2.75, 3.05) is 0 Å². The fourth-order valence-corrected chi connectivity index (χ4v) is 3.69. The third-order valence-electron chi connectivity index (χ3n) is 2.65. The largest absolute Gasteiger partial charge is 0.204 e. The Morgan fingerprint density at radius 2 is 2.19 bits per heavy atom. The maximum Gasteiger partial charge on any atom is 0.186 e. The van der Waals surface area contributed by atoms with Gasteiger partial charge in [0.1, 0.15) is 6.54 Å². The second-order valence-corrected chi connectivity index (χ2v) is 5.71. The fourth-order valence-electron chi connectivity index (χ4n) is 1.76. The second-order valence-electron chi connectivity index (χ2n) is 3.68. The Hall–Kier alpha value is -1.19. The second kappa shape index (κ2) is 4.00. The van der Waals surface area contributed by atoms with E-state index in [1.54, 1.807) is 11.3 Å². The Balaban J connectivity index is 2.16. The van der Waals surface area contributed by atoms with Gasteiger partial charge in [-0.1, -0.05) is 6.07 Å². The summed E-state index contributed by atoms with van der Waals surface area (Å²) in [7, 11) is 0. The summed E-state index contributed by atoms with van der Waals surface area (Å²) in [5.41, 5.74) is 0. The standard InChI is InChI=1S/C13H12NS2/c1-2-14-6-5-10-8-12(16-13(10)9-14)11-4-3-7-15-11/h3-9H,2H2,1H3/q+1. The molecule has 0 radical (unpaired) electrons. The molecule has 0 N–H and O–H groups in total. The van der Waals surface area contributed by atoms with Crippen molar-refractivity contribution in [1.29, 1.82) is 0 Å². The van der Waals surface area contributed by atoms with Crippen molar-refractivity contribution in [3.05, 3.63) is 42.0 Å². The lowest BCUT2D eigenvalue weighted by Crippen LogP contribution is -2.30. The molecule has 3 aromatic rings. The average Bonchev–Trinajstić information content (AvgIpc) is 2.96. The summed E-state index contributed by atoms with van der Waals surface area (Å²) in [6.07, 6.45) is 4.38. The van der Waals surface area contributed by atoms with Gasteiger partial charge in [0.25, 0.3) is 0 Å². The summed E-state index contributed by atoms with van der Waals surface area (Å²) in [5, 5.41) is 3.48. The molecule has 0 saturated heterocycles. The zero-order valence-corrected chi connectivity index (χ0v) is 10.6. The summed E-state index contributed by atoms with van der Waals surface area (Å²) < 4.78 is 3.59. The topological polar surface area (TPSA) is 3.88 Å². The molecule has 16 heavy (non-hydrogen) atoms. The number of pyridine rings is 1. The Bertz CT molecular complexity index is 608. The molecule has 0 bridgehead atoms. The number of nitrogens with zero attached hydrogens (tertiary/aromatic N) is 1. The highest BCUT2D eigenvalue weighted by Crippen LogP contribution is 2.34. The molecule has 0 aliphatic rings. The lowest BCUT2D eigenvalue weighted by atomic mass is 10.3. The van der Waals surface area contributed by atoms with Gasteiger partial charge in [0, 0.05) is 21.2 Å². The number of aryl methyl sites for hydroxylation is 1. The number of hydrogen-bond donors (Lipinski definition) is 0. The first-order valence-corrected chi connectivity index (χ1v) is 7.03. The number of thiophene rings is 2. The van der Waals surface area contributed by atoms with Crippen LogP contribution in [0.5, 0.6) is 0 Å². The van der Waals surface area contributed by atoms with Crippen LogP contribution in [0.25, 0.3) is 19.8 Å². The highest BCUT2D eigenvalue weighted by molar-refractivity contribution is 7.25. The van der Waals surface area contributed by atoms with Crippen molar-refractivity contribution in [2.45, 2.75) is 13.5 Å². The predicted molar refractivity (Wildman–Crippen MR) is 71.0 cm³/mol. The summed E-state index contributed by atoms with van der Waals surface area (Å²) in [6.45, 7) is 3.20. The fraction of sp³-hybridized carbons (Fsp3) is 0.154. The van der Waals surface area contributed by atoms with Crippen LogP contribution in [0.2, 0.25) is 0 Å². The maximum absolute atomic E-state index is 2.28. The van der Waals surface area contributed by atoms with E-state index < -0.39 is 0 Å². The number of hydrogen-bond acceptors (Lipinski definition) is 2. The van der Waals surface area contributed by atoms with Crippen molar-refractivity contribution < 1.29 is 4.57 Å². The van der Waals surface area contributed by atoms with Gasteiger partial charge in [0.15, 0.2) is 12.4 Å². The molecule has 80 valence electrons. The Labute approximate surface area is 103 Å². The molecule has 0 fully saturated rings. The van der Waals surface area contributed by atoms with Gasteiger partial charge in [-0.15, -0.1) is 22.7 Å². The monoisotopic (exact) mass is 246 g/mol. The van der Waals surface area contributed by atoms with E-state index in [1.807, 2.05) is 11.3 Å². The first-order valence-electron chi connectivity index (χ1n) is 5.33. The quantitative estimate of drug-likeness (QED) is 0.603. The van der Waals surface area contributed by atoms with Crippen LogP contribution in [0.4, 0.5) is 0 Å². The van der Waals surface area contributed by atoms with Gasteiger partial charge in [0.05, 0.1) is 4.70 Å². The lowest BCUT2D eigenvalue weighted by Gasteiger charge is -1.89. The molecule has 0 aliphatic heterocycles. The van der Waals surface area contributed by atoms with E-state index in [0.29, 0.717) is 0 Å². The van der Waals surface area contributed by atoms with Crippen LogP contribution < -0.4 is 4.57 Å². The zero-order chi connectivity index (χ0) is 11.0. The van der Waals surface area contributed by atoms with Gasteiger partial charge in [0.2, 0.25) is 0 Å². The average molecular weight is 246 g/mol. The van der Waals surface area contributed by atoms with Gasteiger partial charge >= 0.3 is 0 Å². The molecule has 3 aromatic heterocycles. The SMILES string of the molecule is CC[n+]1ccc2cc(-c3cccs3)sc2c1. The summed E-state index contributed by atoms with van der Waals surface area (Å²) in [4.78, 5) is 2.74. The van der Waals surface area contributed by atoms with Crippen LogP contribution >= 0.6 is 22.7 Å². The van der Waals surface area contributed by atoms with Gasteiger partial charge in [-0.25, -0.2) is 4.57 Å². The highest BCUT2D eigenvalue weighted by atomic mass is 32.1. The number of fused-ring (bicyclic) bond motifs is 1. The van der Waals surface area contributed by atoms with Gasteiger partial charge < -0.3 is 0 Å². The third kappa shape index (κ3) is 1.66. The van der Waals surface area contributed by atoms with Crippen LogP contribution in [0.1, 0.15) is 6.92 Å². The van der Waals surface area contributed by atoms with E-state index in [-0.39, 0.29) is 0 Å². The van der Waals surface area contributed by atoms with E-state index in [1.165, 1.54) is 19.8 Å². The predicted octanol–water partition coefficient (Wildman–Crippen LogP) is 3.94. The Kier molecular flexibility index (Phi) is 2.50. The number of aromatic nitrogens is 1. The van der Waals surface area contributed by atoms with E-state index in [0.717, 1.165) is 6.54 Å². The molecular formula is C13H12NS2+. The van der Waals surface area contributed by atoms with E-state index in [9.17, 15) is 0 Å². The maximum atomic E-state index is 2.28. The van der Waals surface area contributed by atoms with E-state index in [4.69, 9.17) is 0 Å². The molecule has 0 amide bonds. The molecule has 3 heterocycles. The van der Waals surface area contributed by atoms with Crippen molar-refractivity contribution in [2.24, 2.45) is 0 Å². The third-order valence-corrected chi connectivity index (χ3v) is 4.80. The minimum Gasteiger partial charge on any atom is -0.204 e. The van der Waals surface area contributed by atoms with Crippen LogP contribution in [0.15, 0.2) is 42.0 Å². The van der Waals surface area contributed by atoms with Crippen molar-refractivity contribution in [1.82, 2.24) is 0 Å². The minimum absolute atomic E-state index is 1.03. The Morgan fingerprint density at radius 3 is 2.94 bits per heavy atom. The van der Waals surface area contributed by atoms with Crippen molar-refractivity contribution in [3.63, 3.8) is 0 Å². The van der Waals surface area contributed by atoms with E-state index in [2.05, 4.69) is 53.5 Å². The number of rotatable bonds is 2. The van der Waals surface area contributed by atoms with Crippen molar-refractivity contribution >= 4 is 32.8 Å². The van der Waals surface area contributed by atoms with Crippen LogP contribution in [-0.4, -0.2) is 0 Å². The minimum atomic E-state index is 1.03. The molecule has 0 aliphatic carbocycles. The van der Waals surface area contributed by atoms with Gasteiger partial charge in [-0.05, 0) is 24.4 Å². The van der Waals surface area contributed by atoms with Crippen molar-refractivity contribution in [3.8, 4) is 9.75 Å². The summed E-state index contributed by atoms with van der Waals surface area (Å²) >= 11 is 3.68. The lowest BCUT2D eigenvalue weighted by molar-refractivity contribution is -0.692. The Morgan fingerprint density at radius 1 is 1.25 bits per heavy atom. The zero-order valence-electron chi connectivity index (χ0n) is 9.01. The summed E-state index contributed by atoms with van der Waals surface area (Å²) in [5.74, 6) is 0. The smallest absolute Gasteiger partial charge is 0.186 e. The van der Waals surface area contributed by atoms with E-state index >= 15 is 0 Å². The van der Waals surface area contributed by atoms with Crippen LogP contribution in [0, 0.1) is 0 Å². The molecule has 0 aromatic carbocycles. The molecule has 1 nitrogen and oxygen atoms in total. The molecule has 3 heteroatoms. The molecule has 0 spiro atoms. The summed E-state index contributed by atoms with van der Waals surface area (Å²) in [6, 6.07) is 8.78. The molecule has 0 saturated carbocycles. The van der Waals surface area contributed by atoms with Gasteiger partial charge in [-0.2, -0.15) is 0 Å².